The van der Waals surface area contributed by atoms with Crippen LogP contribution in [0.3, 0.4) is 0 Å². The molecule has 138 valence electrons. The van der Waals surface area contributed by atoms with Gasteiger partial charge in [0, 0.05) is 6.54 Å². The summed E-state index contributed by atoms with van der Waals surface area (Å²) in [7, 11) is -3.67. The Morgan fingerprint density at radius 1 is 1.46 bits per heavy atom. The number of carbonyl (C=O) groups excluding carboxylic acids is 1. The highest BCUT2D eigenvalue weighted by atomic mass is 32.2. The molecule has 3 rings (SSSR count). The third kappa shape index (κ3) is 3.59. The number of benzene rings is 1. The van der Waals surface area contributed by atoms with Gasteiger partial charge in [0.05, 0.1) is 17.4 Å². The molecule has 1 aliphatic carbocycles. The monoisotopic (exact) mass is 375 g/mol. The normalized spacial score (nSPS) is 23.7. The van der Waals surface area contributed by atoms with Crippen molar-refractivity contribution in [3.63, 3.8) is 0 Å². The number of ether oxygens (including phenoxy) is 1. The van der Waals surface area contributed by atoms with Crippen molar-refractivity contribution in [3.8, 4) is 11.8 Å². The summed E-state index contributed by atoms with van der Waals surface area (Å²) < 4.78 is 31.5. The fourth-order valence-electron chi connectivity index (χ4n) is 2.98. The summed E-state index contributed by atoms with van der Waals surface area (Å²) in [4.78, 5) is 12.4. The minimum absolute atomic E-state index is 0.116. The van der Waals surface area contributed by atoms with Crippen LogP contribution >= 0.6 is 0 Å². The van der Waals surface area contributed by atoms with Crippen LogP contribution in [0.1, 0.15) is 19.3 Å². The van der Waals surface area contributed by atoms with Gasteiger partial charge in [-0.05, 0) is 31.4 Å². The second-order valence-electron chi connectivity index (χ2n) is 6.59. The molecule has 2 fully saturated rings. The van der Waals surface area contributed by atoms with Crippen molar-refractivity contribution in [1.82, 2.24) is 10.6 Å². The van der Waals surface area contributed by atoms with Gasteiger partial charge < -0.3 is 15.4 Å². The maximum atomic E-state index is 13.0. The third-order valence-electron chi connectivity index (χ3n) is 4.68. The maximum absolute atomic E-state index is 13.0. The summed E-state index contributed by atoms with van der Waals surface area (Å²) in [5.41, 5.74) is -0.763. The molecule has 0 radical (unpaired) electrons. The Bertz CT molecular complexity index is 855. The van der Waals surface area contributed by atoms with E-state index in [9.17, 15) is 13.2 Å². The summed E-state index contributed by atoms with van der Waals surface area (Å²) in [6.07, 6.45) is 2.98. The van der Waals surface area contributed by atoms with E-state index >= 15 is 0 Å². The SMILES string of the molecule is C=CCOc1ccccc1S(=O)(=O)[C@H]1CN[C@H](C(=O)NC2(C#N)CC2)C1. The van der Waals surface area contributed by atoms with Gasteiger partial charge in [-0.25, -0.2) is 8.42 Å². The summed E-state index contributed by atoms with van der Waals surface area (Å²) in [6, 6.07) is 7.94. The van der Waals surface area contributed by atoms with E-state index in [2.05, 4.69) is 23.3 Å². The zero-order valence-corrected chi connectivity index (χ0v) is 15.1. The second-order valence-corrected chi connectivity index (χ2v) is 8.79. The number of hydrogen-bond acceptors (Lipinski definition) is 6. The molecule has 1 heterocycles. The van der Waals surface area contributed by atoms with Crippen molar-refractivity contribution in [2.24, 2.45) is 0 Å². The van der Waals surface area contributed by atoms with Crippen molar-refractivity contribution >= 4 is 15.7 Å². The average Bonchev–Trinajstić information content (AvgIpc) is 3.22. The molecule has 8 heteroatoms. The van der Waals surface area contributed by atoms with E-state index in [1.807, 2.05) is 0 Å². The van der Waals surface area contributed by atoms with Gasteiger partial charge in [0.15, 0.2) is 9.84 Å². The molecule has 0 unspecified atom stereocenters. The lowest BCUT2D eigenvalue weighted by atomic mass is 10.2. The highest BCUT2D eigenvalue weighted by Crippen LogP contribution is 2.35. The van der Waals surface area contributed by atoms with E-state index in [1.165, 1.54) is 6.07 Å². The van der Waals surface area contributed by atoms with Crippen LogP contribution in [0.5, 0.6) is 5.75 Å². The Kier molecular flexibility index (Phi) is 5.03. The first-order valence-corrected chi connectivity index (χ1v) is 10.00. The highest BCUT2D eigenvalue weighted by molar-refractivity contribution is 7.92. The standard InChI is InChI=1S/C18H21N3O4S/c1-2-9-25-15-5-3-4-6-16(15)26(23,24)13-10-14(20-11-13)17(22)21-18(12-19)7-8-18/h2-6,13-14,20H,1,7-11H2,(H,21,22)/t13-,14+/m1/s1. The van der Waals surface area contributed by atoms with Crippen LogP contribution in [0.4, 0.5) is 0 Å². The van der Waals surface area contributed by atoms with Gasteiger partial charge in [-0.15, -0.1) is 0 Å². The van der Waals surface area contributed by atoms with E-state index in [4.69, 9.17) is 10.00 Å². The predicted octanol–water partition coefficient (Wildman–Crippen LogP) is 0.928. The zero-order chi connectivity index (χ0) is 18.8. The van der Waals surface area contributed by atoms with Crippen LogP contribution in [0.15, 0.2) is 41.8 Å². The minimum atomic E-state index is -3.67. The first kappa shape index (κ1) is 18.4. The summed E-state index contributed by atoms with van der Waals surface area (Å²) >= 11 is 0. The number of rotatable bonds is 7. The summed E-state index contributed by atoms with van der Waals surface area (Å²) in [5, 5.41) is 14.0. The topological polar surface area (TPSA) is 108 Å². The van der Waals surface area contributed by atoms with Crippen molar-refractivity contribution < 1.29 is 17.9 Å². The molecule has 0 bridgehead atoms. The number of carbonyl (C=O) groups is 1. The van der Waals surface area contributed by atoms with Crippen molar-refractivity contribution in [2.45, 2.75) is 41.0 Å². The largest absolute Gasteiger partial charge is 0.488 e. The molecular weight excluding hydrogens is 354 g/mol. The first-order valence-electron chi connectivity index (χ1n) is 8.45. The molecule has 1 aliphatic heterocycles. The molecule has 0 aromatic heterocycles. The molecule has 7 nitrogen and oxygen atoms in total. The van der Waals surface area contributed by atoms with Crippen molar-refractivity contribution in [3.05, 3.63) is 36.9 Å². The fourth-order valence-corrected chi connectivity index (χ4v) is 4.78. The van der Waals surface area contributed by atoms with Gasteiger partial charge in [-0.3, -0.25) is 4.79 Å². The molecule has 2 aliphatic rings. The zero-order valence-electron chi connectivity index (χ0n) is 14.3. The van der Waals surface area contributed by atoms with Crippen LogP contribution in [0.2, 0.25) is 0 Å². The highest BCUT2D eigenvalue weighted by Gasteiger charge is 2.47. The maximum Gasteiger partial charge on any atom is 0.238 e. The molecule has 2 atom stereocenters. The lowest BCUT2D eigenvalue weighted by molar-refractivity contribution is -0.123. The molecule has 1 saturated carbocycles. The summed E-state index contributed by atoms with van der Waals surface area (Å²) in [5.74, 6) is -0.0420. The van der Waals surface area contributed by atoms with E-state index in [0.29, 0.717) is 12.8 Å². The molecule has 1 aromatic carbocycles. The Morgan fingerprint density at radius 3 is 2.85 bits per heavy atom. The molecular formula is C18H21N3O4S. The number of nitrogens with one attached hydrogen (secondary N) is 2. The first-order chi connectivity index (χ1) is 12.4. The molecule has 1 aromatic rings. The molecule has 0 spiro atoms. The molecule has 26 heavy (non-hydrogen) atoms. The Hall–Kier alpha value is -2.37. The van der Waals surface area contributed by atoms with Crippen molar-refractivity contribution in [1.29, 1.82) is 5.26 Å². The fraction of sp³-hybridized carbons (Fsp3) is 0.444. The lowest BCUT2D eigenvalue weighted by Gasteiger charge is -2.16. The Balaban J connectivity index is 1.73. The van der Waals surface area contributed by atoms with Gasteiger partial charge in [-0.2, -0.15) is 5.26 Å². The number of amides is 1. The number of hydrogen-bond donors (Lipinski definition) is 2. The Labute approximate surface area is 153 Å². The average molecular weight is 375 g/mol. The van der Waals surface area contributed by atoms with Gasteiger partial charge in [0.25, 0.3) is 0 Å². The van der Waals surface area contributed by atoms with Gasteiger partial charge in [-0.1, -0.05) is 24.8 Å². The van der Waals surface area contributed by atoms with E-state index in [-0.39, 0.29) is 36.1 Å². The molecule has 1 saturated heterocycles. The second kappa shape index (κ2) is 7.09. The van der Waals surface area contributed by atoms with Crippen molar-refractivity contribution in [2.75, 3.05) is 13.2 Å². The van der Waals surface area contributed by atoms with Crippen LogP contribution in [-0.2, 0) is 14.6 Å². The number of para-hydroxylation sites is 1. The van der Waals surface area contributed by atoms with E-state index in [0.717, 1.165) is 0 Å². The van der Waals surface area contributed by atoms with Gasteiger partial charge in [0.2, 0.25) is 5.91 Å². The van der Waals surface area contributed by atoms with Crippen LogP contribution < -0.4 is 15.4 Å². The Morgan fingerprint density at radius 2 is 2.19 bits per heavy atom. The van der Waals surface area contributed by atoms with Gasteiger partial charge in [0.1, 0.15) is 22.8 Å². The minimum Gasteiger partial charge on any atom is -0.488 e. The smallest absolute Gasteiger partial charge is 0.238 e. The van der Waals surface area contributed by atoms with Crippen LogP contribution in [0, 0.1) is 11.3 Å². The van der Waals surface area contributed by atoms with E-state index in [1.54, 1.807) is 24.3 Å². The quantitative estimate of drug-likeness (QED) is 0.687. The number of nitriles is 1. The molecule has 1 amide bonds. The lowest BCUT2D eigenvalue weighted by Crippen LogP contribution is -2.45. The van der Waals surface area contributed by atoms with E-state index < -0.39 is 26.7 Å². The number of sulfone groups is 1. The summed E-state index contributed by atoms with van der Waals surface area (Å²) in [6.45, 7) is 3.95. The molecule has 2 N–H and O–H groups in total. The third-order valence-corrected chi connectivity index (χ3v) is 6.87. The number of nitrogens with zero attached hydrogens (tertiary/aromatic N) is 1. The van der Waals surface area contributed by atoms with Gasteiger partial charge >= 0.3 is 0 Å². The predicted molar refractivity (Wildman–Crippen MR) is 95.2 cm³/mol. The van der Waals surface area contributed by atoms with Crippen LogP contribution in [-0.4, -0.2) is 44.3 Å². The van der Waals surface area contributed by atoms with Crippen LogP contribution in [0.25, 0.3) is 0 Å².